The van der Waals surface area contributed by atoms with Crippen molar-refractivity contribution in [2.45, 2.75) is 32.8 Å². The molecule has 0 unspecified atom stereocenters. The van der Waals surface area contributed by atoms with Crippen molar-refractivity contribution in [2.75, 3.05) is 18.4 Å². The topological polar surface area (TPSA) is 70.6 Å². The minimum absolute atomic E-state index is 0.0700. The number of phenols is 1. The van der Waals surface area contributed by atoms with Gasteiger partial charge in [0.25, 0.3) is 0 Å². The second-order valence-electron chi connectivity index (χ2n) is 6.21. The SMILES string of the molecule is CC(C)(C)OC(=O)Nc1ccc(CC2CNC2)cc1O. The van der Waals surface area contributed by atoms with Gasteiger partial charge in [-0.15, -0.1) is 0 Å². The molecule has 2 rings (SSSR count). The minimum atomic E-state index is -0.566. The highest BCUT2D eigenvalue weighted by Crippen LogP contribution is 2.26. The number of carbonyl (C=O) groups excluding carboxylic acids is 1. The standard InChI is InChI=1S/C15H22N2O3/c1-15(2,3)20-14(19)17-12-5-4-10(7-13(12)18)6-11-8-16-9-11/h4-5,7,11,16,18H,6,8-9H2,1-3H3,(H,17,19). The number of rotatable bonds is 3. The maximum atomic E-state index is 11.6. The molecule has 0 aliphatic carbocycles. The number of hydrogen-bond acceptors (Lipinski definition) is 4. The third-order valence-corrected chi connectivity index (χ3v) is 3.09. The van der Waals surface area contributed by atoms with Crippen LogP contribution in [0, 0.1) is 5.92 Å². The Kier molecular flexibility index (Phi) is 4.18. The lowest BCUT2D eigenvalue weighted by Crippen LogP contribution is -2.43. The highest BCUT2D eigenvalue weighted by Gasteiger charge is 2.19. The first-order valence-corrected chi connectivity index (χ1v) is 6.86. The molecular weight excluding hydrogens is 256 g/mol. The summed E-state index contributed by atoms with van der Waals surface area (Å²) in [5.41, 5.74) is 0.884. The Morgan fingerprint density at radius 1 is 1.45 bits per heavy atom. The lowest BCUT2D eigenvalue weighted by molar-refractivity contribution is 0.0635. The van der Waals surface area contributed by atoms with E-state index in [4.69, 9.17) is 4.74 Å². The highest BCUT2D eigenvalue weighted by molar-refractivity contribution is 5.86. The van der Waals surface area contributed by atoms with Crippen LogP contribution in [-0.4, -0.2) is 29.9 Å². The summed E-state index contributed by atoms with van der Waals surface area (Å²) in [7, 11) is 0. The van der Waals surface area contributed by atoms with Crippen LogP contribution in [0.15, 0.2) is 18.2 Å². The van der Waals surface area contributed by atoms with Crippen molar-refractivity contribution < 1.29 is 14.6 Å². The molecule has 0 radical (unpaired) electrons. The molecule has 1 heterocycles. The summed E-state index contributed by atoms with van der Waals surface area (Å²) < 4.78 is 5.15. The molecule has 0 spiro atoms. The van der Waals surface area contributed by atoms with Gasteiger partial charge in [0.15, 0.2) is 0 Å². The molecule has 1 aromatic carbocycles. The van der Waals surface area contributed by atoms with Crippen molar-refractivity contribution >= 4 is 11.8 Å². The third-order valence-electron chi connectivity index (χ3n) is 3.09. The molecule has 0 atom stereocenters. The molecule has 1 amide bonds. The Bertz CT molecular complexity index is 490. The van der Waals surface area contributed by atoms with Gasteiger partial charge in [0.1, 0.15) is 11.4 Å². The number of amides is 1. The predicted molar refractivity (Wildman–Crippen MR) is 78.0 cm³/mol. The molecule has 1 fully saturated rings. The Morgan fingerprint density at radius 2 is 2.15 bits per heavy atom. The van der Waals surface area contributed by atoms with E-state index in [0.717, 1.165) is 25.1 Å². The normalized spacial score (nSPS) is 15.6. The summed E-state index contributed by atoms with van der Waals surface area (Å²) in [6.07, 6.45) is 0.372. The fourth-order valence-electron chi connectivity index (χ4n) is 2.05. The number of phenolic OH excluding ortho intramolecular Hbond substituents is 1. The Morgan fingerprint density at radius 3 is 2.65 bits per heavy atom. The summed E-state index contributed by atoms with van der Waals surface area (Å²) >= 11 is 0. The van der Waals surface area contributed by atoms with Crippen molar-refractivity contribution in [1.82, 2.24) is 5.32 Å². The van der Waals surface area contributed by atoms with Gasteiger partial charge < -0.3 is 15.2 Å². The molecule has 5 nitrogen and oxygen atoms in total. The van der Waals surface area contributed by atoms with Crippen molar-refractivity contribution in [3.8, 4) is 5.75 Å². The van der Waals surface area contributed by atoms with Gasteiger partial charge in [0.2, 0.25) is 0 Å². The molecule has 5 heteroatoms. The number of hydrogen-bond donors (Lipinski definition) is 3. The van der Waals surface area contributed by atoms with Crippen LogP contribution >= 0.6 is 0 Å². The minimum Gasteiger partial charge on any atom is -0.506 e. The molecule has 0 saturated carbocycles. The van der Waals surface area contributed by atoms with E-state index < -0.39 is 11.7 Å². The molecule has 1 aromatic rings. The summed E-state index contributed by atoms with van der Waals surface area (Å²) in [4.78, 5) is 11.6. The number of benzene rings is 1. The van der Waals surface area contributed by atoms with E-state index in [0.29, 0.717) is 11.6 Å². The van der Waals surface area contributed by atoms with Crippen molar-refractivity contribution in [2.24, 2.45) is 5.92 Å². The maximum Gasteiger partial charge on any atom is 0.412 e. The fraction of sp³-hybridized carbons (Fsp3) is 0.533. The van der Waals surface area contributed by atoms with Gasteiger partial charge in [0, 0.05) is 0 Å². The lowest BCUT2D eigenvalue weighted by Gasteiger charge is -2.27. The van der Waals surface area contributed by atoms with Gasteiger partial charge in [-0.25, -0.2) is 4.79 Å². The second kappa shape index (κ2) is 5.71. The van der Waals surface area contributed by atoms with Crippen LogP contribution in [0.3, 0.4) is 0 Å². The molecule has 110 valence electrons. The number of anilines is 1. The van der Waals surface area contributed by atoms with E-state index in [1.165, 1.54) is 0 Å². The Balaban J connectivity index is 1.96. The van der Waals surface area contributed by atoms with Crippen LogP contribution < -0.4 is 10.6 Å². The first kappa shape index (κ1) is 14.7. The summed E-state index contributed by atoms with van der Waals surface area (Å²) in [5, 5.41) is 15.7. The average molecular weight is 278 g/mol. The van der Waals surface area contributed by atoms with E-state index in [9.17, 15) is 9.90 Å². The number of carbonyl (C=O) groups is 1. The molecule has 0 aromatic heterocycles. The molecule has 3 N–H and O–H groups in total. The molecule has 1 aliphatic rings. The van der Waals surface area contributed by atoms with E-state index in [-0.39, 0.29) is 5.75 Å². The molecule has 20 heavy (non-hydrogen) atoms. The van der Waals surface area contributed by atoms with Gasteiger partial charge in [-0.1, -0.05) is 6.07 Å². The van der Waals surface area contributed by atoms with Crippen molar-refractivity contribution in [1.29, 1.82) is 0 Å². The molecule has 1 aliphatic heterocycles. The summed E-state index contributed by atoms with van der Waals surface area (Å²) in [5.74, 6) is 0.708. The zero-order valence-corrected chi connectivity index (χ0v) is 12.2. The molecule has 0 bridgehead atoms. The number of aromatic hydroxyl groups is 1. The van der Waals surface area contributed by atoms with Crippen LogP contribution in [0.1, 0.15) is 26.3 Å². The van der Waals surface area contributed by atoms with E-state index in [1.54, 1.807) is 32.9 Å². The quantitative estimate of drug-likeness (QED) is 0.743. The molecular formula is C15H22N2O3. The van der Waals surface area contributed by atoms with Crippen LogP contribution in [0.5, 0.6) is 5.75 Å². The van der Waals surface area contributed by atoms with Gasteiger partial charge >= 0.3 is 6.09 Å². The van der Waals surface area contributed by atoms with Crippen LogP contribution in [0.25, 0.3) is 0 Å². The van der Waals surface area contributed by atoms with Gasteiger partial charge in [-0.3, -0.25) is 5.32 Å². The van der Waals surface area contributed by atoms with Gasteiger partial charge in [0.05, 0.1) is 5.69 Å². The van der Waals surface area contributed by atoms with Crippen LogP contribution in [0.4, 0.5) is 10.5 Å². The number of ether oxygens (including phenoxy) is 1. The van der Waals surface area contributed by atoms with E-state index in [1.807, 2.05) is 6.07 Å². The first-order valence-electron chi connectivity index (χ1n) is 6.86. The second-order valence-corrected chi connectivity index (χ2v) is 6.21. The van der Waals surface area contributed by atoms with Crippen LogP contribution in [-0.2, 0) is 11.2 Å². The van der Waals surface area contributed by atoms with E-state index >= 15 is 0 Å². The largest absolute Gasteiger partial charge is 0.506 e. The maximum absolute atomic E-state index is 11.6. The number of nitrogens with one attached hydrogen (secondary N) is 2. The average Bonchev–Trinajstić information content (AvgIpc) is 2.24. The van der Waals surface area contributed by atoms with Crippen molar-refractivity contribution in [3.05, 3.63) is 23.8 Å². The van der Waals surface area contributed by atoms with Crippen LogP contribution in [0.2, 0.25) is 0 Å². The molecule has 1 saturated heterocycles. The zero-order valence-electron chi connectivity index (χ0n) is 12.2. The summed E-state index contributed by atoms with van der Waals surface area (Å²) in [6.45, 7) is 7.43. The van der Waals surface area contributed by atoms with Gasteiger partial charge in [-0.2, -0.15) is 0 Å². The van der Waals surface area contributed by atoms with Gasteiger partial charge in [-0.05, 0) is 63.9 Å². The van der Waals surface area contributed by atoms with Crippen molar-refractivity contribution in [3.63, 3.8) is 0 Å². The zero-order chi connectivity index (χ0) is 14.8. The lowest BCUT2D eigenvalue weighted by atomic mass is 9.94. The fourth-order valence-corrected chi connectivity index (χ4v) is 2.05. The smallest absolute Gasteiger partial charge is 0.412 e. The summed E-state index contributed by atoms with van der Waals surface area (Å²) in [6, 6.07) is 5.33. The third kappa shape index (κ3) is 4.13. The first-order chi connectivity index (χ1) is 9.33. The highest BCUT2D eigenvalue weighted by atomic mass is 16.6. The van der Waals surface area contributed by atoms with E-state index in [2.05, 4.69) is 10.6 Å². The Hall–Kier alpha value is -1.75. The monoisotopic (exact) mass is 278 g/mol. The predicted octanol–water partition coefficient (Wildman–Crippen LogP) is 2.50. The Labute approximate surface area is 119 Å².